The zero-order chi connectivity index (χ0) is 14.7. The van der Waals surface area contributed by atoms with Crippen molar-refractivity contribution in [3.63, 3.8) is 0 Å². The van der Waals surface area contributed by atoms with Gasteiger partial charge in [-0.25, -0.2) is 0 Å². The molecule has 2 rings (SSSR count). The zero-order valence-corrected chi connectivity index (χ0v) is 13.4. The first-order chi connectivity index (χ1) is 9.58. The summed E-state index contributed by atoms with van der Waals surface area (Å²) in [6, 6.07) is 0. The number of thioether (sulfide) groups is 1. The minimum Gasteiger partial charge on any atom is -0.396 e. The van der Waals surface area contributed by atoms with E-state index in [1.807, 2.05) is 6.26 Å². The second-order valence-electron chi connectivity index (χ2n) is 4.82. The molecule has 5 N–H and O–H groups in total. The Morgan fingerprint density at radius 2 is 2.35 bits per heavy atom. The first-order valence-electron chi connectivity index (χ1n) is 6.70. The summed E-state index contributed by atoms with van der Waals surface area (Å²) >= 11 is 2.87. The van der Waals surface area contributed by atoms with Crippen molar-refractivity contribution in [2.45, 2.75) is 30.8 Å². The van der Waals surface area contributed by atoms with E-state index in [0.29, 0.717) is 22.6 Å². The smallest absolute Gasteiger partial charge is 0.261 e. The highest BCUT2D eigenvalue weighted by Crippen LogP contribution is 2.41. The number of nitrogen functional groups attached to an aromatic ring is 1. The molecule has 1 aliphatic heterocycles. The first kappa shape index (κ1) is 15.5. The summed E-state index contributed by atoms with van der Waals surface area (Å²) in [7, 11) is 0. The molecule has 20 heavy (non-hydrogen) atoms. The average Bonchev–Trinajstić information content (AvgIpc) is 2.99. The number of carbonyl (C=O) groups is 1. The molecule has 112 valence electrons. The normalized spacial score (nSPS) is 22.1. The number of rotatable bonds is 6. The van der Waals surface area contributed by atoms with Crippen LogP contribution < -0.4 is 16.8 Å². The van der Waals surface area contributed by atoms with Crippen LogP contribution in [0.1, 0.15) is 29.4 Å². The fourth-order valence-electron chi connectivity index (χ4n) is 2.53. The molecule has 1 aliphatic rings. The van der Waals surface area contributed by atoms with Gasteiger partial charge >= 0.3 is 0 Å². The van der Waals surface area contributed by atoms with Gasteiger partial charge in [-0.15, -0.1) is 23.1 Å². The van der Waals surface area contributed by atoms with Gasteiger partial charge in [-0.3, -0.25) is 4.79 Å². The Bertz CT molecular complexity index is 490. The molecule has 1 aromatic rings. The summed E-state index contributed by atoms with van der Waals surface area (Å²) in [5.74, 6) is 0.0431. The summed E-state index contributed by atoms with van der Waals surface area (Å²) in [5, 5.41) is 4.35. The number of carbonyl (C=O) groups excluding carboxylic acids is 1. The minimum absolute atomic E-state index is 0.327. The van der Waals surface area contributed by atoms with E-state index >= 15 is 0 Å². The van der Waals surface area contributed by atoms with Gasteiger partial charge in [0.05, 0.1) is 16.7 Å². The van der Waals surface area contributed by atoms with Crippen LogP contribution in [0.5, 0.6) is 0 Å². The van der Waals surface area contributed by atoms with Gasteiger partial charge < -0.3 is 21.5 Å². The standard InChI is InChI=1S/C13H21N3O2S2/c1-3-8-7(4-5-18-8)6-16-13-11(19-2)9(14)10(20-13)12(15)17/h7-8,16H,3-6,14H2,1-2H3,(H2,15,17). The molecule has 1 amide bonds. The molecule has 0 bridgehead atoms. The van der Waals surface area contributed by atoms with Crippen LogP contribution in [0.2, 0.25) is 0 Å². The lowest BCUT2D eigenvalue weighted by atomic mass is 10.00. The van der Waals surface area contributed by atoms with Crippen molar-refractivity contribution in [3.05, 3.63) is 4.88 Å². The first-order valence-corrected chi connectivity index (χ1v) is 8.74. The molecule has 0 radical (unpaired) electrons. The van der Waals surface area contributed by atoms with Gasteiger partial charge in [0.25, 0.3) is 5.91 Å². The van der Waals surface area contributed by atoms with Gasteiger partial charge in [0.1, 0.15) is 9.88 Å². The van der Waals surface area contributed by atoms with Crippen molar-refractivity contribution < 1.29 is 9.53 Å². The van der Waals surface area contributed by atoms with Crippen LogP contribution in [0.25, 0.3) is 0 Å². The fraction of sp³-hybridized carbons (Fsp3) is 0.615. The summed E-state index contributed by atoms with van der Waals surface area (Å²) in [6.45, 7) is 3.81. The lowest BCUT2D eigenvalue weighted by Crippen LogP contribution is -2.22. The maximum atomic E-state index is 11.4. The topological polar surface area (TPSA) is 90.4 Å². The lowest BCUT2D eigenvalue weighted by molar-refractivity contribution is 0.0900. The predicted octanol–water partition coefficient (Wildman–Crippen LogP) is 2.38. The molecule has 0 aromatic carbocycles. The maximum absolute atomic E-state index is 11.4. The highest BCUT2D eigenvalue weighted by molar-refractivity contribution is 7.99. The van der Waals surface area contributed by atoms with E-state index in [9.17, 15) is 4.79 Å². The van der Waals surface area contributed by atoms with Crippen molar-refractivity contribution in [2.24, 2.45) is 11.7 Å². The van der Waals surface area contributed by atoms with Crippen LogP contribution in [0.4, 0.5) is 10.7 Å². The third-order valence-electron chi connectivity index (χ3n) is 3.60. The Morgan fingerprint density at radius 1 is 1.60 bits per heavy atom. The molecular formula is C13H21N3O2S2. The number of nitrogens with two attached hydrogens (primary N) is 2. The monoisotopic (exact) mass is 315 g/mol. The van der Waals surface area contributed by atoms with Crippen LogP contribution >= 0.6 is 23.1 Å². The molecule has 5 nitrogen and oxygen atoms in total. The van der Waals surface area contributed by atoms with Crippen LogP contribution in [-0.2, 0) is 4.74 Å². The number of hydrogen-bond donors (Lipinski definition) is 3. The van der Waals surface area contributed by atoms with Crippen molar-refractivity contribution in [1.82, 2.24) is 0 Å². The number of thiophene rings is 1. The molecule has 2 heterocycles. The Labute approximate surface area is 127 Å². The lowest BCUT2D eigenvalue weighted by Gasteiger charge is -2.17. The molecule has 2 unspecified atom stereocenters. The molecule has 1 saturated heterocycles. The van der Waals surface area contributed by atoms with Crippen LogP contribution in [-0.4, -0.2) is 31.4 Å². The molecular weight excluding hydrogens is 294 g/mol. The van der Waals surface area contributed by atoms with Gasteiger partial charge in [0.15, 0.2) is 0 Å². The van der Waals surface area contributed by atoms with Crippen LogP contribution in [0.15, 0.2) is 4.90 Å². The van der Waals surface area contributed by atoms with E-state index in [4.69, 9.17) is 16.2 Å². The molecule has 0 saturated carbocycles. The Balaban J connectivity index is 2.09. The molecule has 1 fully saturated rings. The molecule has 0 aliphatic carbocycles. The Morgan fingerprint density at radius 3 is 2.95 bits per heavy atom. The highest BCUT2D eigenvalue weighted by atomic mass is 32.2. The average molecular weight is 315 g/mol. The van der Waals surface area contributed by atoms with E-state index in [-0.39, 0.29) is 0 Å². The summed E-state index contributed by atoms with van der Waals surface area (Å²) in [5.41, 5.74) is 11.8. The van der Waals surface area contributed by atoms with Crippen molar-refractivity contribution >= 4 is 39.7 Å². The summed E-state index contributed by atoms with van der Waals surface area (Å²) in [4.78, 5) is 12.7. The maximum Gasteiger partial charge on any atom is 0.261 e. The molecule has 0 spiro atoms. The van der Waals surface area contributed by atoms with Gasteiger partial charge in [-0.2, -0.15) is 0 Å². The van der Waals surface area contributed by atoms with Crippen molar-refractivity contribution in [3.8, 4) is 0 Å². The van der Waals surface area contributed by atoms with Crippen LogP contribution in [0.3, 0.4) is 0 Å². The van der Waals surface area contributed by atoms with Crippen molar-refractivity contribution in [1.29, 1.82) is 0 Å². The predicted molar refractivity (Wildman–Crippen MR) is 85.7 cm³/mol. The summed E-state index contributed by atoms with van der Waals surface area (Å²) in [6.07, 6.45) is 4.37. The summed E-state index contributed by atoms with van der Waals surface area (Å²) < 4.78 is 5.69. The van der Waals surface area contributed by atoms with Gasteiger partial charge in [0, 0.05) is 19.1 Å². The third-order valence-corrected chi connectivity index (χ3v) is 5.74. The second kappa shape index (κ2) is 6.69. The van der Waals surface area contributed by atoms with E-state index < -0.39 is 5.91 Å². The number of hydrogen-bond acceptors (Lipinski definition) is 6. The van der Waals surface area contributed by atoms with Crippen LogP contribution in [0, 0.1) is 5.92 Å². The van der Waals surface area contributed by atoms with E-state index in [0.717, 1.165) is 35.9 Å². The second-order valence-corrected chi connectivity index (χ2v) is 6.66. The van der Waals surface area contributed by atoms with Gasteiger partial charge in [0.2, 0.25) is 0 Å². The largest absolute Gasteiger partial charge is 0.396 e. The van der Waals surface area contributed by atoms with Gasteiger partial charge in [-0.05, 0) is 19.1 Å². The number of nitrogens with one attached hydrogen (secondary N) is 1. The fourth-order valence-corrected chi connectivity index (χ4v) is 4.43. The van der Waals surface area contributed by atoms with E-state index in [2.05, 4.69) is 12.2 Å². The van der Waals surface area contributed by atoms with Gasteiger partial charge in [-0.1, -0.05) is 6.92 Å². The number of primary amides is 1. The number of anilines is 2. The molecule has 7 heteroatoms. The molecule has 2 atom stereocenters. The van der Waals surface area contributed by atoms with E-state index in [1.165, 1.54) is 23.1 Å². The van der Waals surface area contributed by atoms with E-state index in [1.54, 1.807) is 0 Å². The third kappa shape index (κ3) is 3.05. The minimum atomic E-state index is -0.466. The highest BCUT2D eigenvalue weighted by Gasteiger charge is 2.27. The Kier molecular flexibility index (Phi) is 5.17. The quantitative estimate of drug-likeness (QED) is 0.701. The molecule has 1 aromatic heterocycles. The number of ether oxygens (including phenoxy) is 1. The van der Waals surface area contributed by atoms with Crippen molar-refractivity contribution in [2.75, 3.05) is 30.5 Å². The number of amides is 1. The SMILES string of the molecule is CCC1OCCC1CNc1sc(C(N)=O)c(N)c1SC. The Hall–Kier alpha value is -0.920. The zero-order valence-electron chi connectivity index (χ0n) is 11.8.